The van der Waals surface area contributed by atoms with Gasteiger partial charge in [0.1, 0.15) is 5.92 Å². The van der Waals surface area contributed by atoms with Gasteiger partial charge in [-0.2, -0.15) is 0 Å². The van der Waals surface area contributed by atoms with Crippen molar-refractivity contribution < 1.29 is 14.3 Å². The minimum Gasteiger partial charge on any atom is -0.468 e. The van der Waals surface area contributed by atoms with Gasteiger partial charge in [0.25, 0.3) is 0 Å². The first-order chi connectivity index (χ1) is 7.19. The lowest BCUT2D eigenvalue weighted by molar-refractivity contribution is -0.143. The molecule has 0 N–H and O–H groups in total. The van der Waals surface area contributed by atoms with E-state index < -0.39 is 0 Å². The molecule has 0 radical (unpaired) electrons. The molecule has 0 spiro atoms. The van der Waals surface area contributed by atoms with Gasteiger partial charge in [0, 0.05) is 7.11 Å². The number of hydrogen-bond acceptors (Lipinski definition) is 3. The van der Waals surface area contributed by atoms with Crippen molar-refractivity contribution in [3.05, 3.63) is 35.4 Å². The van der Waals surface area contributed by atoms with Crippen LogP contribution in [0, 0.1) is 6.92 Å². The Balaban J connectivity index is 2.88. The fraction of sp³-hybridized carbons (Fsp3) is 0.417. The normalized spacial score (nSPS) is 12.2. The lowest BCUT2D eigenvalue weighted by Gasteiger charge is -2.13. The van der Waals surface area contributed by atoms with Crippen molar-refractivity contribution in [2.75, 3.05) is 20.8 Å². The van der Waals surface area contributed by atoms with Gasteiger partial charge in [0.05, 0.1) is 13.7 Å². The summed E-state index contributed by atoms with van der Waals surface area (Å²) < 4.78 is 9.74. The Labute approximate surface area is 90.0 Å². The molecule has 0 saturated carbocycles. The van der Waals surface area contributed by atoms with Gasteiger partial charge < -0.3 is 9.47 Å². The average Bonchev–Trinajstić information content (AvgIpc) is 2.26. The lowest BCUT2D eigenvalue weighted by Crippen LogP contribution is -2.18. The summed E-state index contributed by atoms with van der Waals surface area (Å²) in [5.41, 5.74) is 2.09. The molecular formula is C12H16O3. The molecule has 0 aromatic heterocycles. The molecule has 15 heavy (non-hydrogen) atoms. The predicted molar refractivity (Wildman–Crippen MR) is 57.8 cm³/mol. The summed E-state index contributed by atoms with van der Waals surface area (Å²) in [5.74, 6) is -0.596. The van der Waals surface area contributed by atoms with Crippen LogP contribution in [0.25, 0.3) is 0 Å². The van der Waals surface area contributed by atoms with Crippen LogP contribution in [0.5, 0.6) is 0 Å². The topological polar surface area (TPSA) is 35.5 Å². The van der Waals surface area contributed by atoms with E-state index >= 15 is 0 Å². The van der Waals surface area contributed by atoms with Crippen LogP contribution in [0.2, 0.25) is 0 Å². The maximum Gasteiger partial charge on any atom is 0.315 e. The summed E-state index contributed by atoms with van der Waals surface area (Å²) in [6.07, 6.45) is 0. The molecule has 82 valence electrons. The second-order valence-corrected chi connectivity index (χ2v) is 3.44. The van der Waals surface area contributed by atoms with Crippen molar-refractivity contribution in [1.82, 2.24) is 0 Å². The molecule has 1 aromatic carbocycles. The number of carbonyl (C=O) groups excluding carboxylic acids is 1. The molecule has 1 unspecified atom stereocenters. The number of rotatable bonds is 4. The molecule has 1 aromatic rings. The van der Waals surface area contributed by atoms with Crippen molar-refractivity contribution in [3.8, 4) is 0 Å². The summed E-state index contributed by atoms with van der Waals surface area (Å²) in [6.45, 7) is 2.35. The van der Waals surface area contributed by atoms with E-state index in [0.29, 0.717) is 6.61 Å². The molecule has 0 heterocycles. The molecule has 0 aliphatic carbocycles. The number of benzene rings is 1. The summed E-state index contributed by atoms with van der Waals surface area (Å²) in [7, 11) is 2.96. The number of esters is 1. The minimum absolute atomic E-state index is 0.263. The van der Waals surface area contributed by atoms with Crippen LogP contribution in [0.1, 0.15) is 17.0 Å². The summed E-state index contributed by atoms with van der Waals surface area (Å²) >= 11 is 0. The molecule has 1 atom stereocenters. The second kappa shape index (κ2) is 5.51. The minimum atomic E-state index is -0.333. The molecule has 0 amide bonds. The number of hydrogen-bond donors (Lipinski definition) is 0. The maximum atomic E-state index is 11.5. The molecule has 0 fully saturated rings. The Morgan fingerprint density at radius 3 is 2.33 bits per heavy atom. The smallest absolute Gasteiger partial charge is 0.315 e. The van der Waals surface area contributed by atoms with Crippen LogP contribution in [0.4, 0.5) is 0 Å². The van der Waals surface area contributed by atoms with Gasteiger partial charge in [-0.15, -0.1) is 0 Å². The molecule has 0 bridgehead atoms. The molecule has 3 heteroatoms. The third-order valence-corrected chi connectivity index (χ3v) is 2.30. The van der Waals surface area contributed by atoms with E-state index in [9.17, 15) is 4.79 Å². The van der Waals surface area contributed by atoms with Gasteiger partial charge in [-0.25, -0.2) is 0 Å². The van der Waals surface area contributed by atoms with Crippen LogP contribution in [0.15, 0.2) is 24.3 Å². The Hall–Kier alpha value is -1.35. The van der Waals surface area contributed by atoms with Crippen LogP contribution >= 0.6 is 0 Å². The predicted octanol–water partition coefficient (Wildman–Crippen LogP) is 1.90. The third kappa shape index (κ3) is 3.06. The second-order valence-electron chi connectivity index (χ2n) is 3.44. The molecule has 0 aliphatic rings. The van der Waals surface area contributed by atoms with Crippen LogP contribution in [0.3, 0.4) is 0 Å². The molecule has 0 saturated heterocycles. The largest absolute Gasteiger partial charge is 0.468 e. The van der Waals surface area contributed by atoms with Crippen molar-refractivity contribution in [3.63, 3.8) is 0 Å². The third-order valence-electron chi connectivity index (χ3n) is 2.30. The summed E-state index contributed by atoms with van der Waals surface area (Å²) in [4.78, 5) is 11.5. The van der Waals surface area contributed by atoms with Gasteiger partial charge in [-0.1, -0.05) is 29.8 Å². The van der Waals surface area contributed by atoms with E-state index in [0.717, 1.165) is 5.56 Å². The van der Waals surface area contributed by atoms with Crippen molar-refractivity contribution in [1.29, 1.82) is 0 Å². The number of methoxy groups -OCH3 is 2. The Kier molecular flexibility index (Phi) is 4.31. The van der Waals surface area contributed by atoms with E-state index in [-0.39, 0.29) is 11.9 Å². The zero-order chi connectivity index (χ0) is 11.3. The number of carbonyl (C=O) groups is 1. The van der Waals surface area contributed by atoms with E-state index in [2.05, 4.69) is 0 Å². The van der Waals surface area contributed by atoms with E-state index in [1.165, 1.54) is 12.7 Å². The van der Waals surface area contributed by atoms with Gasteiger partial charge >= 0.3 is 5.97 Å². The quantitative estimate of drug-likeness (QED) is 0.709. The molecule has 3 nitrogen and oxygen atoms in total. The highest BCUT2D eigenvalue weighted by atomic mass is 16.5. The zero-order valence-corrected chi connectivity index (χ0v) is 9.32. The molecular weight excluding hydrogens is 192 g/mol. The summed E-state index contributed by atoms with van der Waals surface area (Å²) in [6, 6.07) is 7.80. The summed E-state index contributed by atoms with van der Waals surface area (Å²) in [5, 5.41) is 0. The van der Waals surface area contributed by atoms with Crippen molar-refractivity contribution in [2.45, 2.75) is 12.8 Å². The Morgan fingerprint density at radius 1 is 1.27 bits per heavy atom. The van der Waals surface area contributed by atoms with Gasteiger partial charge in [0.15, 0.2) is 0 Å². The monoisotopic (exact) mass is 208 g/mol. The van der Waals surface area contributed by atoms with E-state index in [1.807, 2.05) is 31.2 Å². The van der Waals surface area contributed by atoms with Gasteiger partial charge in [0.2, 0.25) is 0 Å². The molecule has 0 aliphatic heterocycles. The van der Waals surface area contributed by atoms with Crippen LogP contribution in [-0.4, -0.2) is 26.8 Å². The highest BCUT2D eigenvalue weighted by Crippen LogP contribution is 2.18. The maximum absolute atomic E-state index is 11.5. The first-order valence-corrected chi connectivity index (χ1v) is 4.82. The average molecular weight is 208 g/mol. The van der Waals surface area contributed by atoms with Crippen molar-refractivity contribution in [2.24, 2.45) is 0 Å². The SMILES string of the molecule is COCC(C(=O)OC)c1ccc(C)cc1. The standard InChI is InChI=1S/C12H16O3/c1-9-4-6-10(7-5-9)11(8-14-2)12(13)15-3/h4-7,11H,8H2,1-3H3. The molecule has 1 rings (SSSR count). The van der Waals surface area contributed by atoms with E-state index in [4.69, 9.17) is 9.47 Å². The van der Waals surface area contributed by atoms with Crippen LogP contribution in [-0.2, 0) is 14.3 Å². The zero-order valence-electron chi connectivity index (χ0n) is 9.32. The highest BCUT2D eigenvalue weighted by Gasteiger charge is 2.20. The number of aryl methyl sites for hydroxylation is 1. The highest BCUT2D eigenvalue weighted by molar-refractivity contribution is 5.78. The Morgan fingerprint density at radius 2 is 1.87 bits per heavy atom. The lowest BCUT2D eigenvalue weighted by atomic mass is 9.99. The first-order valence-electron chi connectivity index (χ1n) is 4.82. The van der Waals surface area contributed by atoms with Crippen molar-refractivity contribution >= 4 is 5.97 Å². The van der Waals surface area contributed by atoms with Gasteiger partial charge in [-0.3, -0.25) is 4.79 Å². The Bertz CT molecular complexity index is 316. The fourth-order valence-electron chi connectivity index (χ4n) is 1.41. The van der Waals surface area contributed by atoms with Crippen LogP contribution < -0.4 is 0 Å². The number of ether oxygens (including phenoxy) is 2. The fourth-order valence-corrected chi connectivity index (χ4v) is 1.41. The first kappa shape index (κ1) is 11.7. The van der Waals surface area contributed by atoms with Gasteiger partial charge in [-0.05, 0) is 12.5 Å². The van der Waals surface area contributed by atoms with E-state index in [1.54, 1.807) is 7.11 Å².